The highest BCUT2D eigenvalue weighted by atomic mass is 35.5. The molecule has 2 aromatic heterocycles. The quantitative estimate of drug-likeness (QED) is 0.299. The van der Waals surface area contributed by atoms with Gasteiger partial charge in [-0.1, -0.05) is 23.7 Å². The number of hydrogen-bond acceptors (Lipinski definition) is 7. The zero-order chi connectivity index (χ0) is 27.4. The van der Waals surface area contributed by atoms with E-state index in [1.54, 1.807) is 30.3 Å². The van der Waals surface area contributed by atoms with Crippen molar-refractivity contribution in [2.75, 3.05) is 17.7 Å². The average molecular weight is 559 g/mol. The third-order valence-electron chi connectivity index (χ3n) is 5.90. The van der Waals surface area contributed by atoms with Crippen LogP contribution in [0.3, 0.4) is 0 Å². The van der Waals surface area contributed by atoms with E-state index in [0.717, 1.165) is 12.3 Å². The van der Waals surface area contributed by atoms with E-state index in [9.17, 15) is 21.6 Å². The van der Waals surface area contributed by atoms with Gasteiger partial charge >= 0.3 is 0 Å². The molecule has 0 bridgehead atoms. The van der Waals surface area contributed by atoms with Crippen LogP contribution in [0, 0.1) is 17.5 Å². The topological polar surface area (TPSA) is 130 Å². The monoisotopic (exact) mass is 558 g/mol. The summed E-state index contributed by atoms with van der Waals surface area (Å²) in [5.41, 5.74) is 13.2. The van der Waals surface area contributed by atoms with Gasteiger partial charge in [0.15, 0.2) is 21.5 Å². The summed E-state index contributed by atoms with van der Waals surface area (Å²) in [6, 6.07) is 12.3. The van der Waals surface area contributed by atoms with E-state index >= 15 is 0 Å². The van der Waals surface area contributed by atoms with Crippen molar-refractivity contribution >= 4 is 44.0 Å². The van der Waals surface area contributed by atoms with Gasteiger partial charge in [-0.15, -0.1) is 0 Å². The van der Waals surface area contributed by atoms with Crippen LogP contribution < -0.4 is 11.5 Å². The molecule has 0 atom stereocenters. The Labute approximate surface area is 219 Å². The minimum atomic E-state index is -3.49. The van der Waals surface area contributed by atoms with Gasteiger partial charge in [-0.3, -0.25) is 0 Å². The second-order valence-corrected chi connectivity index (χ2v) is 10.9. The number of fused-ring (bicyclic) bond motifs is 1. The van der Waals surface area contributed by atoms with Crippen LogP contribution in [0.4, 0.5) is 24.8 Å². The van der Waals surface area contributed by atoms with E-state index in [2.05, 4.69) is 15.1 Å². The minimum Gasteiger partial charge on any atom is -0.383 e. The summed E-state index contributed by atoms with van der Waals surface area (Å²) in [7, 11) is -3.49. The number of rotatable bonds is 5. The predicted octanol–water partition coefficient (Wildman–Crippen LogP) is 4.71. The highest BCUT2D eigenvalue weighted by Gasteiger charge is 2.22. The second-order valence-electron chi connectivity index (χ2n) is 8.49. The smallest absolute Gasteiger partial charge is 0.255 e. The molecule has 8 nitrogen and oxygen atoms in total. The molecular formula is C25H18ClF3N6O2S. The van der Waals surface area contributed by atoms with Crippen molar-refractivity contribution in [2.45, 2.75) is 11.3 Å². The van der Waals surface area contributed by atoms with E-state index in [-0.39, 0.29) is 40.2 Å². The number of nitrogens with two attached hydrogens (primary N) is 2. The summed E-state index contributed by atoms with van der Waals surface area (Å²) < 4.78 is 67.8. The lowest BCUT2D eigenvalue weighted by Crippen LogP contribution is -2.10. The van der Waals surface area contributed by atoms with E-state index in [1.807, 2.05) is 0 Å². The summed E-state index contributed by atoms with van der Waals surface area (Å²) in [5.74, 6) is -3.61. The fourth-order valence-electron chi connectivity index (χ4n) is 4.09. The highest BCUT2D eigenvalue weighted by Crippen LogP contribution is 2.33. The van der Waals surface area contributed by atoms with Gasteiger partial charge in [-0.2, -0.15) is 19.7 Å². The maximum atomic E-state index is 14.4. The van der Waals surface area contributed by atoms with Gasteiger partial charge in [-0.05, 0) is 48.0 Å². The van der Waals surface area contributed by atoms with E-state index < -0.39 is 32.9 Å². The van der Waals surface area contributed by atoms with Crippen molar-refractivity contribution in [3.05, 3.63) is 88.3 Å². The third kappa shape index (κ3) is 4.52. The fourth-order valence-corrected chi connectivity index (χ4v) is 4.93. The van der Waals surface area contributed by atoms with Crippen molar-refractivity contribution in [3.8, 4) is 17.1 Å². The number of halogens is 4. The number of benzene rings is 3. The highest BCUT2D eigenvalue weighted by molar-refractivity contribution is 7.90. The molecule has 0 fully saturated rings. The Morgan fingerprint density at radius 1 is 0.947 bits per heavy atom. The Morgan fingerprint density at radius 3 is 2.32 bits per heavy atom. The van der Waals surface area contributed by atoms with E-state index in [4.69, 9.17) is 23.1 Å². The van der Waals surface area contributed by atoms with Crippen LogP contribution in [0.2, 0.25) is 5.02 Å². The first-order valence-electron chi connectivity index (χ1n) is 11.0. The fraction of sp³-hybridized carbons (Fsp3) is 0.0800. The van der Waals surface area contributed by atoms with Gasteiger partial charge in [0.1, 0.15) is 17.5 Å². The van der Waals surface area contributed by atoms with Crippen molar-refractivity contribution in [3.63, 3.8) is 0 Å². The third-order valence-corrected chi connectivity index (χ3v) is 7.24. The molecule has 38 heavy (non-hydrogen) atoms. The zero-order valence-electron chi connectivity index (χ0n) is 19.6. The molecule has 2 heterocycles. The standard InChI is InChI=1S/C25H18ClF3N6O2S/c1-38(36,37)14-4-2-3-12(9-14)21-23(30)32-25(33-24(21)31)35-20-8-5-13(26)10-16(20)19(34-35)11-15-17(27)6-7-18(28)22(15)29/h2-10H,11H2,1H3,(H4,30,31,32,33). The van der Waals surface area contributed by atoms with Gasteiger partial charge in [0, 0.05) is 28.6 Å². The average Bonchev–Trinajstić information content (AvgIpc) is 3.21. The molecule has 0 saturated heterocycles. The first-order chi connectivity index (χ1) is 17.9. The summed E-state index contributed by atoms with van der Waals surface area (Å²) in [6.07, 6.45) is 0.688. The van der Waals surface area contributed by atoms with Gasteiger partial charge in [-0.25, -0.2) is 21.6 Å². The normalized spacial score (nSPS) is 11.8. The van der Waals surface area contributed by atoms with Gasteiger partial charge in [0.2, 0.25) is 0 Å². The number of sulfone groups is 1. The molecule has 0 spiro atoms. The van der Waals surface area contributed by atoms with Crippen LogP contribution in [0.25, 0.3) is 28.0 Å². The van der Waals surface area contributed by atoms with E-state index in [0.29, 0.717) is 27.6 Å². The van der Waals surface area contributed by atoms with Crippen LogP contribution in [0.5, 0.6) is 0 Å². The summed E-state index contributed by atoms with van der Waals surface area (Å²) in [6.45, 7) is 0. The van der Waals surface area contributed by atoms with Gasteiger partial charge in [0.25, 0.3) is 5.95 Å². The summed E-state index contributed by atoms with van der Waals surface area (Å²) in [5, 5.41) is 5.18. The zero-order valence-corrected chi connectivity index (χ0v) is 21.2. The lowest BCUT2D eigenvalue weighted by Gasteiger charge is -2.11. The predicted molar refractivity (Wildman–Crippen MR) is 138 cm³/mol. The number of aromatic nitrogens is 4. The van der Waals surface area contributed by atoms with Crippen LogP contribution in [0.15, 0.2) is 59.5 Å². The lowest BCUT2D eigenvalue weighted by atomic mass is 10.1. The van der Waals surface area contributed by atoms with Crippen LogP contribution in [-0.2, 0) is 16.3 Å². The Balaban J connectivity index is 1.65. The molecule has 13 heteroatoms. The molecular weight excluding hydrogens is 541 g/mol. The maximum Gasteiger partial charge on any atom is 0.255 e. The van der Waals surface area contributed by atoms with E-state index in [1.165, 1.54) is 16.8 Å². The second kappa shape index (κ2) is 9.30. The molecule has 0 aliphatic carbocycles. The summed E-state index contributed by atoms with van der Waals surface area (Å²) in [4.78, 5) is 8.69. The number of nitrogens with zero attached hydrogens (tertiary/aromatic N) is 4. The Kier molecular flexibility index (Phi) is 6.24. The molecule has 0 aliphatic rings. The molecule has 194 valence electrons. The molecule has 5 rings (SSSR count). The summed E-state index contributed by atoms with van der Waals surface area (Å²) >= 11 is 6.16. The van der Waals surface area contributed by atoms with Crippen molar-refractivity contribution in [1.29, 1.82) is 0 Å². The number of hydrogen-bond donors (Lipinski definition) is 2. The number of nitrogen functional groups attached to an aromatic ring is 2. The molecule has 0 aliphatic heterocycles. The van der Waals surface area contributed by atoms with Crippen molar-refractivity contribution in [1.82, 2.24) is 19.7 Å². The Hall–Kier alpha value is -4.16. The van der Waals surface area contributed by atoms with Crippen LogP contribution >= 0.6 is 11.6 Å². The van der Waals surface area contributed by atoms with Crippen LogP contribution in [0.1, 0.15) is 11.3 Å². The number of anilines is 2. The van der Waals surface area contributed by atoms with Crippen molar-refractivity contribution < 1.29 is 21.6 Å². The lowest BCUT2D eigenvalue weighted by molar-refractivity contribution is 0.482. The molecule has 4 N–H and O–H groups in total. The first kappa shape index (κ1) is 25.5. The minimum absolute atomic E-state index is 0.0539. The van der Waals surface area contributed by atoms with Crippen LogP contribution in [-0.4, -0.2) is 34.4 Å². The molecule has 3 aromatic carbocycles. The first-order valence-corrected chi connectivity index (χ1v) is 13.2. The Morgan fingerprint density at radius 2 is 1.63 bits per heavy atom. The molecule has 0 saturated carbocycles. The molecule has 0 unspecified atom stereocenters. The largest absolute Gasteiger partial charge is 0.383 e. The maximum absolute atomic E-state index is 14.4. The molecule has 0 radical (unpaired) electrons. The molecule has 5 aromatic rings. The Bertz CT molecular complexity index is 1840. The van der Waals surface area contributed by atoms with Gasteiger partial charge < -0.3 is 11.5 Å². The van der Waals surface area contributed by atoms with Gasteiger partial charge in [0.05, 0.1) is 21.7 Å². The SMILES string of the molecule is CS(=O)(=O)c1cccc(-c2c(N)nc(-n3nc(Cc4c(F)ccc(F)c4F)c4cc(Cl)ccc43)nc2N)c1. The van der Waals surface area contributed by atoms with Crippen molar-refractivity contribution in [2.24, 2.45) is 0 Å². The molecule has 0 amide bonds.